The van der Waals surface area contributed by atoms with Gasteiger partial charge in [0.05, 0.1) is 12.4 Å². The molecule has 0 spiro atoms. The van der Waals surface area contributed by atoms with Crippen molar-refractivity contribution >= 4 is 21.9 Å². The lowest BCUT2D eigenvalue weighted by molar-refractivity contribution is 0.307. The van der Waals surface area contributed by atoms with Crippen molar-refractivity contribution in [3.05, 3.63) is 35.9 Å². The summed E-state index contributed by atoms with van der Waals surface area (Å²) in [4.78, 5) is 0. The molecule has 0 heterocycles. The van der Waals surface area contributed by atoms with E-state index in [1.165, 1.54) is 82.6 Å². The van der Waals surface area contributed by atoms with E-state index in [1.807, 2.05) is 18.2 Å². The summed E-state index contributed by atoms with van der Waals surface area (Å²) in [5, 5.41) is 0. The highest BCUT2D eigenvalue weighted by Gasteiger charge is 2.10. The van der Waals surface area contributed by atoms with Crippen LogP contribution in [0.1, 0.15) is 102 Å². The quantitative estimate of drug-likeness (QED) is 0.140. The molecule has 0 saturated heterocycles. The molecule has 1 aromatic rings. The number of benzene rings is 1. The molecule has 5 heteroatoms. The Hall–Kier alpha value is -0.520. The summed E-state index contributed by atoms with van der Waals surface area (Å²) in [6.45, 7) is 2.60. The smallest absolute Gasteiger partial charge is 0.268 e. The fourth-order valence-electron chi connectivity index (χ4n) is 3.47. The standard InChI is InChI=1S/C25H44O3S2/c1-2-3-4-5-6-7-8-9-10-11-12-13-14-18-21-28-30(26,27)23-22-29-24-25-19-16-15-17-20-25/h15-17,19-20H,2-14,18,21-24H2,1H3. The second-order valence-corrected chi connectivity index (χ2v) is 11.1. The minimum atomic E-state index is -3.37. The van der Waals surface area contributed by atoms with E-state index < -0.39 is 10.1 Å². The molecule has 0 aliphatic carbocycles. The maximum absolute atomic E-state index is 11.9. The molecule has 0 radical (unpaired) electrons. The molecule has 0 aliphatic heterocycles. The monoisotopic (exact) mass is 456 g/mol. The van der Waals surface area contributed by atoms with Gasteiger partial charge < -0.3 is 0 Å². The van der Waals surface area contributed by atoms with Crippen molar-refractivity contribution in [2.75, 3.05) is 18.1 Å². The normalized spacial score (nSPS) is 11.8. The fourth-order valence-corrected chi connectivity index (χ4v) is 5.82. The molecule has 0 fully saturated rings. The summed E-state index contributed by atoms with van der Waals surface area (Å²) in [7, 11) is -3.37. The third-order valence-electron chi connectivity index (χ3n) is 5.35. The van der Waals surface area contributed by atoms with Crippen LogP contribution in [-0.4, -0.2) is 26.5 Å². The van der Waals surface area contributed by atoms with E-state index in [1.54, 1.807) is 11.8 Å². The Morgan fingerprint density at radius 3 is 1.77 bits per heavy atom. The molecular weight excluding hydrogens is 412 g/mol. The molecule has 0 unspecified atom stereocenters. The summed E-state index contributed by atoms with van der Waals surface area (Å²) in [6.07, 6.45) is 18.1. The zero-order valence-corrected chi connectivity index (χ0v) is 20.8. The van der Waals surface area contributed by atoms with Gasteiger partial charge in [-0.3, -0.25) is 4.18 Å². The number of hydrogen-bond acceptors (Lipinski definition) is 4. The number of thioether (sulfide) groups is 1. The molecular formula is C25H44O3S2. The lowest BCUT2D eigenvalue weighted by atomic mass is 10.0. The van der Waals surface area contributed by atoms with E-state index in [4.69, 9.17) is 4.18 Å². The van der Waals surface area contributed by atoms with Crippen LogP contribution in [0.2, 0.25) is 0 Å². The van der Waals surface area contributed by atoms with Crippen molar-refractivity contribution in [2.24, 2.45) is 0 Å². The van der Waals surface area contributed by atoms with Crippen LogP contribution in [0.5, 0.6) is 0 Å². The van der Waals surface area contributed by atoms with Crippen LogP contribution >= 0.6 is 11.8 Å². The topological polar surface area (TPSA) is 43.4 Å². The van der Waals surface area contributed by atoms with Gasteiger partial charge >= 0.3 is 0 Å². The molecule has 174 valence electrons. The third-order valence-corrected chi connectivity index (χ3v) is 7.87. The SMILES string of the molecule is CCCCCCCCCCCCCCCCOS(=O)(=O)CCSCc1ccccc1. The molecule has 30 heavy (non-hydrogen) atoms. The van der Waals surface area contributed by atoms with Crippen LogP contribution in [0.3, 0.4) is 0 Å². The van der Waals surface area contributed by atoms with Crippen LogP contribution in [0, 0.1) is 0 Å². The van der Waals surface area contributed by atoms with Gasteiger partial charge in [0.1, 0.15) is 0 Å². The first kappa shape index (κ1) is 27.5. The predicted molar refractivity (Wildman–Crippen MR) is 133 cm³/mol. The largest absolute Gasteiger partial charge is 0.270 e. The Kier molecular flexibility index (Phi) is 17.6. The highest BCUT2D eigenvalue weighted by Crippen LogP contribution is 2.14. The zero-order valence-electron chi connectivity index (χ0n) is 19.2. The van der Waals surface area contributed by atoms with Crippen LogP contribution in [0.25, 0.3) is 0 Å². The van der Waals surface area contributed by atoms with E-state index >= 15 is 0 Å². The maximum Gasteiger partial charge on any atom is 0.268 e. The van der Waals surface area contributed by atoms with Crippen LogP contribution in [0.15, 0.2) is 30.3 Å². The Morgan fingerprint density at radius 1 is 0.733 bits per heavy atom. The average molecular weight is 457 g/mol. The first-order valence-corrected chi connectivity index (χ1v) is 14.9. The van der Waals surface area contributed by atoms with Crippen molar-refractivity contribution in [2.45, 2.75) is 103 Å². The van der Waals surface area contributed by atoms with Gasteiger partial charge in [-0.1, -0.05) is 121 Å². The van der Waals surface area contributed by atoms with Gasteiger partial charge in [-0.05, 0) is 12.0 Å². The minimum Gasteiger partial charge on any atom is -0.270 e. The molecule has 0 amide bonds. The molecule has 0 bridgehead atoms. The van der Waals surface area contributed by atoms with E-state index in [0.29, 0.717) is 12.4 Å². The van der Waals surface area contributed by atoms with Crippen LogP contribution < -0.4 is 0 Å². The van der Waals surface area contributed by atoms with E-state index in [2.05, 4.69) is 19.1 Å². The van der Waals surface area contributed by atoms with Gasteiger partial charge in [0, 0.05) is 11.5 Å². The predicted octanol–water partition coefficient (Wildman–Crippen LogP) is 7.75. The molecule has 0 saturated carbocycles. The molecule has 1 rings (SSSR count). The van der Waals surface area contributed by atoms with Gasteiger partial charge in [-0.2, -0.15) is 20.2 Å². The zero-order chi connectivity index (χ0) is 21.8. The van der Waals surface area contributed by atoms with Gasteiger partial charge in [0.2, 0.25) is 0 Å². The van der Waals surface area contributed by atoms with Gasteiger partial charge in [-0.25, -0.2) is 0 Å². The van der Waals surface area contributed by atoms with Gasteiger partial charge in [0.15, 0.2) is 0 Å². The second kappa shape index (κ2) is 19.2. The fraction of sp³-hybridized carbons (Fsp3) is 0.760. The van der Waals surface area contributed by atoms with Crippen LogP contribution in [0.4, 0.5) is 0 Å². The molecule has 0 atom stereocenters. The number of unbranched alkanes of at least 4 members (excludes halogenated alkanes) is 13. The Labute approximate surface area is 190 Å². The Morgan fingerprint density at radius 2 is 1.23 bits per heavy atom. The molecule has 0 aromatic heterocycles. The first-order chi connectivity index (χ1) is 14.6. The number of rotatable bonds is 21. The summed E-state index contributed by atoms with van der Waals surface area (Å²) in [5.74, 6) is 1.52. The summed E-state index contributed by atoms with van der Waals surface area (Å²) in [6, 6.07) is 10.1. The van der Waals surface area contributed by atoms with E-state index in [-0.39, 0.29) is 5.75 Å². The van der Waals surface area contributed by atoms with Crippen LogP contribution in [-0.2, 0) is 20.1 Å². The Bertz CT molecular complexity index is 588. The van der Waals surface area contributed by atoms with E-state index in [0.717, 1.165) is 18.6 Å². The lowest BCUT2D eigenvalue weighted by Gasteiger charge is -2.06. The van der Waals surface area contributed by atoms with Crippen molar-refractivity contribution in [3.63, 3.8) is 0 Å². The van der Waals surface area contributed by atoms with Crippen molar-refractivity contribution < 1.29 is 12.6 Å². The maximum atomic E-state index is 11.9. The van der Waals surface area contributed by atoms with Gasteiger partial charge in [-0.15, -0.1) is 0 Å². The highest BCUT2D eigenvalue weighted by molar-refractivity contribution is 7.99. The number of hydrogen-bond donors (Lipinski definition) is 0. The third kappa shape index (κ3) is 17.2. The van der Waals surface area contributed by atoms with Crippen molar-refractivity contribution in [1.29, 1.82) is 0 Å². The second-order valence-electron chi connectivity index (χ2n) is 8.22. The van der Waals surface area contributed by atoms with Gasteiger partial charge in [0.25, 0.3) is 10.1 Å². The summed E-state index contributed by atoms with van der Waals surface area (Å²) >= 11 is 1.64. The lowest BCUT2D eigenvalue weighted by Crippen LogP contribution is -2.13. The minimum absolute atomic E-state index is 0.100. The highest BCUT2D eigenvalue weighted by atomic mass is 32.2. The van der Waals surface area contributed by atoms with Crippen molar-refractivity contribution in [3.8, 4) is 0 Å². The Balaban J connectivity index is 1.84. The molecule has 1 aromatic carbocycles. The molecule has 3 nitrogen and oxygen atoms in total. The summed E-state index contributed by atoms with van der Waals surface area (Å²) < 4.78 is 29.0. The van der Waals surface area contributed by atoms with E-state index in [9.17, 15) is 8.42 Å². The summed E-state index contributed by atoms with van der Waals surface area (Å²) in [5.41, 5.74) is 1.23. The molecule has 0 N–H and O–H groups in total. The van der Waals surface area contributed by atoms with Crippen molar-refractivity contribution in [1.82, 2.24) is 0 Å². The first-order valence-electron chi connectivity index (χ1n) is 12.1. The average Bonchev–Trinajstić information content (AvgIpc) is 2.75. The molecule has 0 aliphatic rings.